The van der Waals surface area contributed by atoms with Crippen molar-refractivity contribution in [1.82, 2.24) is 5.32 Å². The molecular weight excluding hydrogens is 452 g/mol. The molecule has 6 rings (SSSR count). The molecule has 6 heteroatoms. The summed E-state index contributed by atoms with van der Waals surface area (Å²) in [6.45, 7) is 3.78. The number of benzene rings is 3. The van der Waals surface area contributed by atoms with Gasteiger partial charge in [-0.2, -0.15) is 0 Å². The quantitative estimate of drug-likeness (QED) is 0.546. The second-order valence-electron chi connectivity index (χ2n) is 9.52. The molecule has 180 valence electrons. The third-order valence-corrected chi connectivity index (χ3v) is 7.57. The number of ketones is 1. The Morgan fingerprint density at radius 3 is 2.33 bits per heavy atom. The van der Waals surface area contributed by atoms with E-state index in [1.165, 1.54) is 6.08 Å². The summed E-state index contributed by atoms with van der Waals surface area (Å²) in [4.78, 5) is 40.7. The summed E-state index contributed by atoms with van der Waals surface area (Å²) >= 11 is 0. The Bertz CT molecular complexity index is 1370. The van der Waals surface area contributed by atoms with E-state index in [0.29, 0.717) is 19.3 Å². The molecule has 0 saturated carbocycles. The van der Waals surface area contributed by atoms with E-state index in [0.717, 1.165) is 39.1 Å². The normalized spacial score (nSPS) is 19.7. The number of fused-ring (bicyclic) bond motifs is 3. The second kappa shape index (κ2) is 8.79. The minimum Gasteiger partial charge on any atom is -0.449 e. The van der Waals surface area contributed by atoms with E-state index >= 15 is 0 Å². The van der Waals surface area contributed by atoms with Crippen LogP contribution in [0.2, 0.25) is 0 Å². The van der Waals surface area contributed by atoms with E-state index in [9.17, 15) is 14.4 Å². The molecule has 0 aromatic heterocycles. The summed E-state index contributed by atoms with van der Waals surface area (Å²) in [5.74, 6) is -0.548. The Morgan fingerprint density at radius 2 is 1.64 bits per heavy atom. The molecule has 0 radical (unpaired) electrons. The second-order valence-corrected chi connectivity index (χ2v) is 9.52. The molecule has 0 spiro atoms. The summed E-state index contributed by atoms with van der Waals surface area (Å²) in [6, 6.07) is 20.8. The molecule has 3 aromatic rings. The van der Waals surface area contributed by atoms with Crippen molar-refractivity contribution in [1.29, 1.82) is 0 Å². The molecule has 1 aliphatic carbocycles. The Hall–Kier alpha value is -4.19. The van der Waals surface area contributed by atoms with Gasteiger partial charge in [-0.15, -0.1) is 0 Å². The lowest BCUT2D eigenvalue weighted by atomic mass is 9.98. The van der Waals surface area contributed by atoms with Crippen LogP contribution in [0.4, 0.5) is 10.5 Å². The first-order valence-corrected chi connectivity index (χ1v) is 12.3. The molecule has 2 aliphatic heterocycles. The van der Waals surface area contributed by atoms with Crippen molar-refractivity contribution >= 4 is 23.5 Å². The molecule has 0 fully saturated rings. The summed E-state index contributed by atoms with van der Waals surface area (Å²) in [7, 11) is 0. The molecular formula is C30H26N2O4. The number of aryl methyl sites for hydroxylation is 1. The smallest absolute Gasteiger partial charge is 0.407 e. The van der Waals surface area contributed by atoms with Gasteiger partial charge in [0.2, 0.25) is 5.91 Å². The molecule has 36 heavy (non-hydrogen) atoms. The van der Waals surface area contributed by atoms with Crippen LogP contribution in [0.25, 0.3) is 11.1 Å². The van der Waals surface area contributed by atoms with Crippen molar-refractivity contribution in [2.45, 2.75) is 37.3 Å². The predicted molar refractivity (Wildman–Crippen MR) is 137 cm³/mol. The van der Waals surface area contributed by atoms with Crippen molar-refractivity contribution in [3.8, 4) is 11.1 Å². The number of rotatable bonds is 5. The number of anilines is 1. The number of ether oxygens (including phenoxy) is 1. The Balaban J connectivity index is 1.19. The van der Waals surface area contributed by atoms with Gasteiger partial charge in [0.05, 0.1) is 5.69 Å². The average molecular weight is 479 g/mol. The van der Waals surface area contributed by atoms with Crippen LogP contribution in [0, 0.1) is 0 Å². The number of alkyl carbamates (subject to hydrolysis) is 1. The van der Waals surface area contributed by atoms with E-state index in [2.05, 4.69) is 36.2 Å². The van der Waals surface area contributed by atoms with Crippen molar-refractivity contribution in [3.63, 3.8) is 0 Å². The Kier molecular flexibility index (Phi) is 5.44. The maximum Gasteiger partial charge on any atom is 0.407 e. The molecule has 0 bridgehead atoms. The van der Waals surface area contributed by atoms with Crippen molar-refractivity contribution < 1.29 is 19.1 Å². The summed E-state index contributed by atoms with van der Waals surface area (Å²) in [5, 5.41) is 2.79. The number of nitrogens with zero attached hydrogens (tertiary/aromatic N) is 1. The highest BCUT2D eigenvalue weighted by Crippen LogP contribution is 2.44. The highest BCUT2D eigenvalue weighted by molar-refractivity contribution is 6.10. The largest absolute Gasteiger partial charge is 0.449 e. The number of amides is 2. The molecule has 3 aromatic carbocycles. The van der Waals surface area contributed by atoms with Gasteiger partial charge in [-0.05, 0) is 52.3 Å². The van der Waals surface area contributed by atoms with E-state index in [1.807, 2.05) is 42.5 Å². The van der Waals surface area contributed by atoms with Crippen molar-refractivity contribution in [3.05, 3.63) is 102 Å². The molecule has 1 N–H and O–H groups in total. The lowest BCUT2D eigenvalue weighted by Gasteiger charge is -2.27. The average Bonchev–Trinajstić information content (AvgIpc) is 3.41. The van der Waals surface area contributed by atoms with Gasteiger partial charge in [0.25, 0.3) is 0 Å². The van der Waals surface area contributed by atoms with Gasteiger partial charge in [-0.3, -0.25) is 14.5 Å². The number of carbonyl (C=O) groups is 3. The van der Waals surface area contributed by atoms with Crippen LogP contribution in [-0.4, -0.2) is 36.5 Å². The van der Waals surface area contributed by atoms with Crippen LogP contribution in [0.3, 0.4) is 0 Å². The monoisotopic (exact) mass is 478 g/mol. The van der Waals surface area contributed by atoms with Crippen LogP contribution in [0.5, 0.6) is 0 Å². The van der Waals surface area contributed by atoms with Gasteiger partial charge in [0.15, 0.2) is 5.78 Å². The highest BCUT2D eigenvalue weighted by Gasteiger charge is 2.43. The van der Waals surface area contributed by atoms with Gasteiger partial charge in [0, 0.05) is 12.3 Å². The molecule has 0 unspecified atom stereocenters. The van der Waals surface area contributed by atoms with Crippen LogP contribution in [0.1, 0.15) is 34.6 Å². The van der Waals surface area contributed by atoms with E-state index in [-0.39, 0.29) is 24.2 Å². The van der Waals surface area contributed by atoms with Crippen LogP contribution < -0.4 is 10.2 Å². The number of nitrogens with one attached hydrogen (secondary N) is 1. The third kappa shape index (κ3) is 3.52. The lowest BCUT2D eigenvalue weighted by Crippen LogP contribution is -2.52. The maximum absolute atomic E-state index is 13.6. The van der Waals surface area contributed by atoms with Gasteiger partial charge < -0.3 is 10.1 Å². The van der Waals surface area contributed by atoms with Gasteiger partial charge in [-0.25, -0.2) is 4.79 Å². The predicted octanol–water partition coefficient (Wildman–Crippen LogP) is 4.55. The molecule has 0 saturated heterocycles. The SMILES string of the molecule is C=CC(=O)[C@@H]1Cc2cccc3c2N1C(=O)[C@@H](NC(=O)OCC1c2ccccc2-c2ccccc21)CC3. The zero-order valence-electron chi connectivity index (χ0n) is 19.8. The fourth-order valence-electron chi connectivity index (χ4n) is 5.91. The maximum atomic E-state index is 13.6. The number of para-hydroxylation sites is 1. The third-order valence-electron chi connectivity index (χ3n) is 7.57. The fourth-order valence-corrected chi connectivity index (χ4v) is 5.91. The zero-order chi connectivity index (χ0) is 24.8. The van der Waals surface area contributed by atoms with Gasteiger partial charge in [0.1, 0.15) is 18.7 Å². The fraction of sp³-hybridized carbons (Fsp3) is 0.233. The topological polar surface area (TPSA) is 75.7 Å². The molecule has 2 atom stereocenters. The molecule has 6 nitrogen and oxygen atoms in total. The summed E-state index contributed by atoms with van der Waals surface area (Å²) in [6.07, 6.45) is 2.15. The van der Waals surface area contributed by atoms with Crippen LogP contribution in [-0.2, 0) is 27.2 Å². The zero-order valence-corrected chi connectivity index (χ0v) is 19.8. The molecule has 2 amide bonds. The van der Waals surface area contributed by atoms with Crippen molar-refractivity contribution in [2.24, 2.45) is 0 Å². The lowest BCUT2D eigenvalue weighted by molar-refractivity contribution is -0.124. The van der Waals surface area contributed by atoms with E-state index in [1.54, 1.807) is 4.90 Å². The van der Waals surface area contributed by atoms with E-state index in [4.69, 9.17) is 4.74 Å². The molecule has 3 aliphatic rings. The van der Waals surface area contributed by atoms with Gasteiger partial charge in [-0.1, -0.05) is 73.3 Å². The Labute approximate surface area is 209 Å². The number of hydrogen-bond acceptors (Lipinski definition) is 4. The standard InChI is InChI=1S/C30H26N2O4/c1-2-27(33)26-16-19-9-7-8-18-14-15-25(29(34)32(26)28(18)19)31-30(35)36-17-24-22-12-5-3-10-20(22)21-11-4-6-13-23(21)24/h2-13,24-26H,1,14-17H2,(H,31,35)/t25-,26-/m0/s1. The minimum absolute atomic E-state index is 0.0621. The van der Waals surface area contributed by atoms with Crippen molar-refractivity contribution in [2.75, 3.05) is 11.5 Å². The highest BCUT2D eigenvalue weighted by atomic mass is 16.5. The minimum atomic E-state index is -0.779. The number of carbonyl (C=O) groups excluding carboxylic acids is 3. The van der Waals surface area contributed by atoms with Crippen LogP contribution in [0.15, 0.2) is 79.4 Å². The van der Waals surface area contributed by atoms with Gasteiger partial charge >= 0.3 is 6.09 Å². The van der Waals surface area contributed by atoms with E-state index < -0.39 is 18.2 Å². The van der Waals surface area contributed by atoms with Crippen LogP contribution >= 0.6 is 0 Å². The first kappa shape index (κ1) is 22.3. The summed E-state index contributed by atoms with van der Waals surface area (Å²) in [5.41, 5.74) is 7.35. The molecule has 2 heterocycles. The first-order valence-electron chi connectivity index (χ1n) is 12.3. The Morgan fingerprint density at radius 1 is 0.972 bits per heavy atom. The first-order chi connectivity index (χ1) is 17.6. The summed E-state index contributed by atoms with van der Waals surface area (Å²) < 4.78 is 5.68. The number of hydrogen-bond donors (Lipinski definition) is 1.